The number of carbonyl (C=O) groups is 1. The minimum Gasteiger partial charge on any atom is -0.494 e. The Morgan fingerprint density at radius 3 is 2.43 bits per heavy atom. The van der Waals surface area contributed by atoms with Crippen molar-refractivity contribution in [3.8, 4) is 23.4 Å². The van der Waals surface area contributed by atoms with Gasteiger partial charge in [-0.15, -0.1) is 0 Å². The highest BCUT2D eigenvalue weighted by Crippen LogP contribution is 2.27. The Balaban J connectivity index is 1.78. The molecule has 186 valence electrons. The summed E-state index contributed by atoms with van der Waals surface area (Å²) in [5, 5.41) is 12.5. The number of nitrogens with one attached hydrogen (secondary N) is 1. The number of amides is 1. The summed E-state index contributed by atoms with van der Waals surface area (Å²) in [6.07, 6.45) is 2.80. The van der Waals surface area contributed by atoms with E-state index in [1.165, 1.54) is 10.5 Å². The van der Waals surface area contributed by atoms with Gasteiger partial charge in [-0.1, -0.05) is 12.1 Å². The van der Waals surface area contributed by atoms with Crippen LogP contribution in [0, 0.1) is 32.1 Å². The van der Waals surface area contributed by atoms with E-state index in [9.17, 15) is 14.9 Å². The Morgan fingerprint density at radius 1 is 1.08 bits per heavy atom. The van der Waals surface area contributed by atoms with E-state index < -0.39 is 11.5 Å². The second kappa shape index (κ2) is 10.8. The standard InChI is InChI=1S/C29H26N4O4/c1-5-36-23-10-8-22(9-11-23)31-27(34)21(17-30)16-25-28(37-24-14-18(2)13-19(3)15-24)32-26-20(4)7-6-12-33(26)29(25)35/h6-16H,5H2,1-4H3,(H,31,34)/b21-16+. The molecule has 0 aliphatic heterocycles. The lowest BCUT2D eigenvalue weighted by molar-refractivity contribution is -0.112. The fourth-order valence-electron chi connectivity index (χ4n) is 3.89. The van der Waals surface area contributed by atoms with E-state index in [-0.39, 0.29) is 17.0 Å². The Hall–Kier alpha value is -4.90. The Morgan fingerprint density at radius 2 is 1.78 bits per heavy atom. The van der Waals surface area contributed by atoms with Crippen molar-refractivity contribution in [3.05, 3.63) is 99.0 Å². The zero-order valence-electron chi connectivity index (χ0n) is 21.0. The van der Waals surface area contributed by atoms with Crippen LogP contribution in [-0.4, -0.2) is 21.9 Å². The number of ether oxygens (including phenoxy) is 2. The monoisotopic (exact) mass is 494 g/mol. The van der Waals surface area contributed by atoms with Gasteiger partial charge >= 0.3 is 0 Å². The minimum absolute atomic E-state index is 0.00548. The maximum Gasteiger partial charge on any atom is 0.269 e. The summed E-state index contributed by atoms with van der Waals surface area (Å²) >= 11 is 0. The predicted octanol–water partition coefficient (Wildman–Crippen LogP) is 5.36. The summed E-state index contributed by atoms with van der Waals surface area (Å²) in [6, 6.07) is 17.9. The molecule has 0 unspecified atom stereocenters. The molecular weight excluding hydrogens is 468 g/mol. The Labute approximate surface area is 214 Å². The maximum absolute atomic E-state index is 13.5. The fourth-order valence-corrected chi connectivity index (χ4v) is 3.89. The van der Waals surface area contributed by atoms with E-state index in [1.807, 2.05) is 58.0 Å². The molecule has 0 atom stereocenters. The van der Waals surface area contributed by atoms with E-state index >= 15 is 0 Å². The van der Waals surface area contributed by atoms with E-state index in [0.717, 1.165) is 16.7 Å². The van der Waals surface area contributed by atoms with Crippen molar-refractivity contribution in [2.75, 3.05) is 11.9 Å². The first kappa shape index (κ1) is 25.2. The van der Waals surface area contributed by atoms with E-state index in [2.05, 4.69) is 10.3 Å². The van der Waals surface area contributed by atoms with Gasteiger partial charge in [0.2, 0.25) is 5.88 Å². The van der Waals surface area contributed by atoms with Gasteiger partial charge in [0, 0.05) is 11.9 Å². The lowest BCUT2D eigenvalue weighted by atomic mass is 10.1. The number of hydrogen-bond donors (Lipinski definition) is 1. The average Bonchev–Trinajstić information content (AvgIpc) is 2.85. The van der Waals surface area contributed by atoms with Crippen LogP contribution in [0.15, 0.2) is 71.2 Å². The van der Waals surface area contributed by atoms with Crippen LogP contribution in [0.2, 0.25) is 0 Å². The molecule has 2 aromatic carbocycles. The highest BCUT2D eigenvalue weighted by Gasteiger charge is 2.18. The number of aryl methyl sites for hydroxylation is 3. The number of anilines is 1. The van der Waals surface area contributed by atoms with Gasteiger partial charge in [0.25, 0.3) is 11.5 Å². The highest BCUT2D eigenvalue weighted by molar-refractivity contribution is 6.09. The van der Waals surface area contributed by atoms with E-state index in [4.69, 9.17) is 9.47 Å². The molecule has 0 spiro atoms. The molecule has 0 aliphatic rings. The lowest BCUT2D eigenvalue weighted by Gasteiger charge is -2.12. The molecule has 1 N–H and O–H groups in total. The summed E-state index contributed by atoms with van der Waals surface area (Å²) < 4.78 is 12.9. The van der Waals surface area contributed by atoms with Crippen molar-refractivity contribution in [1.82, 2.24) is 9.38 Å². The average molecular weight is 495 g/mol. The zero-order valence-corrected chi connectivity index (χ0v) is 21.0. The largest absolute Gasteiger partial charge is 0.494 e. The second-order valence-corrected chi connectivity index (χ2v) is 8.53. The first-order valence-corrected chi connectivity index (χ1v) is 11.7. The van der Waals surface area contributed by atoms with Gasteiger partial charge < -0.3 is 14.8 Å². The van der Waals surface area contributed by atoms with Crippen LogP contribution in [0.25, 0.3) is 11.7 Å². The van der Waals surface area contributed by atoms with Gasteiger partial charge in [-0.3, -0.25) is 14.0 Å². The summed E-state index contributed by atoms with van der Waals surface area (Å²) in [6.45, 7) is 8.11. The molecule has 4 rings (SSSR count). The van der Waals surface area contributed by atoms with Gasteiger partial charge in [0.1, 0.15) is 34.4 Å². The molecule has 4 aromatic rings. The first-order chi connectivity index (χ1) is 17.8. The molecule has 2 heterocycles. The zero-order chi connectivity index (χ0) is 26.5. The molecule has 1 amide bonds. The van der Waals surface area contributed by atoms with Crippen molar-refractivity contribution >= 4 is 23.3 Å². The number of nitrogens with zero attached hydrogens (tertiary/aromatic N) is 3. The molecule has 8 nitrogen and oxygen atoms in total. The third-order valence-corrected chi connectivity index (χ3v) is 5.54. The molecule has 0 saturated heterocycles. The van der Waals surface area contributed by atoms with Crippen molar-refractivity contribution < 1.29 is 14.3 Å². The molecule has 0 saturated carbocycles. The Bertz CT molecular complexity index is 1590. The molecule has 37 heavy (non-hydrogen) atoms. The number of nitriles is 1. The summed E-state index contributed by atoms with van der Waals surface area (Å²) in [5.41, 5.74) is 2.88. The van der Waals surface area contributed by atoms with Crippen molar-refractivity contribution in [2.45, 2.75) is 27.7 Å². The maximum atomic E-state index is 13.5. The van der Waals surface area contributed by atoms with Gasteiger partial charge in [-0.05, 0) is 92.9 Å². The van der Waals surface area contributed by atoms with Crippen molar-refractivity contribution in [2.24, 2.45) is 0 Å². The first-order valence-electron chi connectivity index (χ1n) is 11.7. The number of carbonyl (C=O) groups excluding carboxylic acids is 1. The van der Waals surface area contributed by atoms with Gasteiger partial charge in [0.05, 0.1) is 6.61 Å². The van der Waals surface area contributed by atoms with Gasteiger partial charge in [0.15, 0.2) is 0 Å². The van der Waals surface area contributed by atoms with Crippen LogP contribution in [-0.2, 0) is 4.79 Å². The molecular formula is C29H26N4O4. The quantitative estimate of drug-likeness (QED) is 0.274. The number of rotatable bonds is 7. The minimum atomic E-state index is -0.669. The smallest absolute Gasteiger partial charge is 0.269 e. The molecule has 8 heteroatoms. The Kier molecular flexibility index (Phi) is 7.35. The topological polar surface area (TPSA) is 106 Å². The van der Waals surface area contributed by atoms with Crippen LogP contribution in [0.4, 0.5) is 5.69 Å². The second-order valence-electron chi connectivity index (χ2n) is 8.53. The number of benzene rings is 2. The third kappa shape index (κ3) is 5.68. The molecule has 0 aliphatic carbocycles. The van der Waals surface area contributed by atoms with Gasteiger partial charge in [-0.2, -0.15) is 10.2 Å². The molecule has 0 fully saturated rings. The van der Waals surface area contributed by atoms with Crippen molar-refractivity contribution in [3.63, 3.8) is 0 Å². The number of fused-ring (bicyclic) bond motifs is 1. The highest BCUT2D eigenvalue weighted by atomic mass is 16.5. The number of hydrogen-bond acceptors (Lipinski definition) is 6. The van der Waals surface area contributed by atoms with Crippen LogP contribution < -0.4 is 20.3 Å². The molecule has 2 aromatic heterocycles. The normalized spacial score (nSPS) is 11.2. The van der Waals surface area contributed by atoms with Crippen molar-refractivity contribution in [1.29, 1.82) is 5.26 Å². The van der Waals surface area contributed by atoms with Crippen LogP contribution in [0.5, 0.6) is 17.4 Å². The number of pyridine rings is 1. The third-order valence-electron chi connectivity index (χ3n) is 5.54. The van der Waals surface area contributed by atoms with Gasteiger partial charge in [-0.25, -0.2) is 0 Å². The fraction of sp³-hybridized carbons (Fsp3) is 0.172. The lowest BCUT2D eigenvalue weighted by Crippen LogP contribution is -2.20. The summed E-state index contributed by atoms with van der Waals surface area (Å²) in [4.78, 5) is 31.0. The molecule has 0 radical (unpaired) electrons. The van der Waals surface area contributed by atoms with E-state index in [1.54, 1.807) is 36.5 Å². The summed E-state index contributed by atoms with van der Waals surface area (Å²) in [5.74, 6) is 0.494. The number of aromatic nitrogens is 2. The van der Waals surface area contributed by atoms with Crippen LogP contribution in [0.3, 0.4) is 0 Å². The van der Waals surface area contributed by atoms with E-state index in [0.29, 0.717) is 29.4 Å². The van der Waals surface area contributed by atoms with Crippen LogP contribution >= 0.6 is 0 Å². The summed E-state index contributed by atoms with van der Waals surface area (Å²) in [7, 11) is 0. The SMILES string of the molecule is CCOc1ccc(NC(=O)/C(C#N)=C/c2c(Oc3cc(C)cc(C)c3)nc3c(C)cccn3c2=O)cc1. The predicted molar refractivity (Wildman–Crippen MR) is 142 cm³/mol. The molecule has 0 bridgehead atoms. The van der Waals surface area contributed by atoms with Crippen LogP contribution in [0.1, 0.15) is 29.2 Å².